The Bertz CT molecular complexity index is 269. The average Bonchev–Trinajstić information content (AvgIpc) is 2.45. The van der Waals surface area contributed by atoms with Crippen LogP contribution >= 0.6 is 0 Å². The number of rotatable bonds is 2. The molecule has 0 aromatic rings. The summed E-state index contributed by atoms with van der Waals surface area (Å²) in [4.78, 5) is 11.4. The van der Waals surface area contributed by atoms with Gasteiger partial charge in [0, 0.05) is 17.9 Å². The number of esters is 1. The molecule has 14 heavy (non-hydrogen) atoms. The van der Waals surface area contributed by atoms with Crippen LogP contribution in [0.25, 0.3) is 0 Å². The molecule has 0 saturated heterocycles. The Morgan fingerprint density at radius 3 is 2.64 bits per heavy atom. The summed E-state index contributed by atoms with van der Waals surface area (Å²) in [5.41, 5.74) is 3.95. The van der Waals surface area contributed by atoms with Gasteiger partial charge in [0.15, 0.2) is 0 Å². The largest absolute Gasteiger partial charge is 0.461 e. The van der Waals surface area contributed by atoms with Gasteiger partial charge in [-0.25, -0.2) is 9.18 Å². The summed E-state index contributed by atoms with van der Waals surface area (Å²) in [5, 5.41) is 0. The van der Waals surface area contributed by atoms with Crippen molar-refractivity contribution in [2.75, 3.05) is 0 Å². The highest BCUT2D eigenvalue weighted by Gasteiger charge is 2.76. The van der Waals surface area contributed by atoms with Crippen molar-refractivity contribution < 1.29 is 13.9 Å². The second-order valence-corrected chi connectivity index (χ2v) is 4.60. The fourth-order valence-corrected chi connectivity index (χ4v) is 2.60. The topological polar surface area (TPSA) is 52.3 Å². The summed E-state index contributed by atoms with van der Waals surface area (Å²) >= 11 is 0. The Morgan fingerprint density at radius 1 is 1.57 bits per heavy atom. The van der Waals surface area contributed by atoms with E-state index in [9.17, 15) is 9.18 Å². The van der Waals surface area contributed by atoms with Gasteiger partial charge in [0.05, 0.1) is 6.10 Å². The fraction of sp³-hybridized carbons (Fsp3) is 0.900. The number of carbonyl (C=O) groups excluding carboxylic acids is 1. The van der Waals surface area contributed by atoms with Crippen molar-refractivity contribution in [2.24, 2.45) is 17.6 Å². The number of halogens is 1. The molecule has 2 N–H and O–H groups in total. The van der Waals surface area contributed by atoms with Crippen LogP contribution in [0.1, 0.15) is 26.7 Å². The van der Waals surface area contributed by atoms with E-state index in [1.54, 1.807) is 13.8 Å². The van der Waals surface area contributed by atoms with Crippen LogP contribution in [0.3, 0.4) is 0 Å². The van der Waals surface area contributed by atoms with Gasteiger partial charge in [-0.2, -0.15) is 0 Å². The van der Waals surface area contributed by atoms with E-state index < -0.39 is 11.6 Å². The van der Waals surface area contributed by atoms with Crippen molar-refractivity contribution in [3.8, 4) is 0 Å². The molecular weight excluding hydrogens is 185 g/mol. The van der Waals surface area contributed by atoms with E-state index in [0.29, 0.717) is 0 Å². The van der Waals surface area contributed by atoms with Gasteiger partial charge in [-0.3, -0.25) is 0 Å². The molecule has 0 aromatic carbocycles. The first kappa shape index (κ1) is 9.90. The zero-order chi connectivity index (χ0) is 10.5. The van der Waals surface area contributed by atoms with Gasteiger partial charge < -0.3 is 10.5 Å². The van der Waals surface area contributed by atoms with Gasteiger partial charge in [-0.1, -0.05) is 0 Å². The van der Waals surface area contributed by atoms with Crippen LogP contribution in [0.2, 0.25) is 0 Å². The molecule has 0 heterocycles. The maximum atomic E-state index is 14.1. The molecule has 2 saturated carbocycles. The summed E-state index contributed by atoms with van der Waals surface area (Å²) in [7, 11) is 0. The molecular formula is C10H16FNO2. The first-order chi connectivity index (χ1) is 6.48. The lowest BCUT2D eigenvalue weighted by molar-refractivity contribution is -0.157. The first-order valence-corrected chi connectivity index (χ1v) is 5.13. The van der Waals surface area contributed by atoms with Gasteiger partial charge in [-0.15, -0.1) is 0 Å². The van der Waals surface area contributed by atoms with E-state index in [1.165, 1.54) is 0 Å². The SMILES string of the molecule is CC(C)OC(=O)[C@]1(F)C2[C@@H](N)CC[C@@H]21. The monoisotopic (exact) mass is 201 g/mol. The van der Waals surface area contributed by atoms with Gasteiger partial charge in [-0.05, 0) is 26.7 Å². The van der Waals surface area contributed by atoms with Crippen LogP contribution in [-0.4, -0.2) is 23.8 Å². The quantitative estimate of drug-likeness (QED) is 0.678. The number of fused-ring (bicyclic) bond motifs is 1. The Morgan fingerprint density at radius 2 is 2.21 bits per heavy atom. The predicted octanol–water partition coefficient (Wildman–Crippen LogP) is 1.01. The van der Waals surface area contributed by atoms with Crippen LogP contribution in [0.4, 0.5) is 4.39 Å². The lowest BCUT2D eigenvalue weighted by Crippen LogP contribution is -2.34. The molecule has 2 aliphatic carbocycles. The number of hydrogen-bond donors (Lipinski definition) is 1. The molecule has 3 nitrogen and oxygen atoms in total. The number of ether oxygens (including phenoxy) is 1. The van der Waals surface area contributed by atoms with E-state index in [2.05, 4.69) is 0 Å². The maximum absolute atomic E-state index is 14.1. The number of hydrogen-bond acceptors (Lipinski definition) is 3. The molecule has 4 heteroatoms. The molecule has 2 rings (SSSR count). The molecule has 0 bridgehead atoms. The molecule has 0 radical (unpaired) electrons. The Hall–Kier alpha value is -0.640. The standard InChI is InChI=1S/C10H16FNO2/c1-5(2)14-9(13)10(11)6-3-4-7(12)8(6)10/h5-8H,3-4,12H2,1-2H3/t6-,7-,8?,10+/m0/s1. The van der Waals surface area contributed by atoms with Crippen LogP contribution in [0.5, 0.6) is 0 Å². The molecule has 4 atom stereocenters. The Balaban J connectivity index is 2.03. The van der Waals surface area contributed by atoms with E-state index in [-0.39, 0.29) is 24.0 Å². The third-order valence-corrected chi connectivity index (χ3v) is 3.28. The lowest BCUT2D eigenvalue weighted by Gasteiger charge is -2.15. The normalized spacial score (nSPS) is 45.1. The molecule has 0 spiro atoms. The van der Waals surface area contributed by atoms with Crippen LogP contribution in [0, 0.1) is 11.8 Å². The van der Waals surface area contributed by atoms with E-state index in [1.807, 2.05) is 0 Å². The zero-order valence-corrected chi connectivity index (χ0v) is 8.50. The second kappa shape index (κ2) is 2.92. The highest BCUT2D eigenvalue weighted by Crippen LogP contribution is 2.63. The summed E-state index contributed by atoms with van der Waals surface area (Å²) in [5.74, 6) is -1.17. The minimum absolute atomic E-state index is 0.162. The molecule has 0 amide bonds. The smallest absolute Gasteiger partial charge is 0.344 e. The Labute approximate surface area is 82.8 Å². The third-order valence-electron chi connectivity index (χ3n) is 3.28. The minimum atomic E-state index is -1.76. The van der Waals surface area contributed by atoms with Crippen molar-refractivity contribution >= 4 is 5.97 Å². The van der Waals surface area contributed by atoms with Crippen molar-refractivity contribution in [2.45, 2.75) is 44.5 Å². The molecule has 2 aliphatic rings. The van der Waals surface area contributed by atoms with Gasteiger partial charge >= 0.3 is 5.97 Å². The fourth-order valence-electron chi connectivity index (χ4n) is 2.60. The first-order valence-electron chi connectivity index (χ1n) is 5.13. The molecule has 1 unspecified atom stereocenters. The predicted molar refractivity (Wildman–Crippen MR) is 49.3 cm³/mol. The average molecular weight is 201 g/mol. The zero-order valence-electron chi connectivity index (χ0n) is 8.50. The number of nitrogens with two attached hydrogens (primary N) is 1. The molecule has 0 aliphatic heterocycles. The van der Waals surface area contributed by atoms with Crippen molar-refractivity contribution in [1.29, 1.82) is 0 Å². The van der Waals surface area contributed by atoms with Gasteiger partial charge in [0.1, 0.15) is 0 Å². The highest BCUT2D eigenvalue weighted by atomic mass is 19.1. The summed E-state index contributed by atoms with van der Waals surface area (Å²) in [6, 6.07) is -0.162. The second-order valence-electron chi connectivity index (χ2n) is 4.60. The molecule has 80 valence electrons. The summed E-state index contributed by atoms with van der Waals surface area (Å²) in [6.07, 6.45) is 1.29. The number of carbonyl (C=O) groups is 1. The van der Waals surface area contributed by atoms with Gasteiger partial charge in [0.2, 0.25) is 5.67 Å². The highest BCUT2D eigenvalue weighted by molar-refractivity contribution is 5.85. The van der Waals surface area contributed by atoms with Crippen molar-refractivity contribution in [3.05, 3.63) is 0 Å². The van der Waals surface area contributed by atoms with Crippen molar-refractivity contribution in [1.82, 2.24) is 0 Å². The summed E-state index contributed by atoms with van der Waals surface area (Å²) in [6.45, 7) is 3.44. The van der Waals surface area contributed by atoms with Crippen LogP contribution in [-0.2, 0) is 9.53 Å². The van der Waals surface area contributed by atoms with Gasteiger partial charge in [0.25, 0.3) is 0 Å². The minimum Gasteiger partial charge on any atom is -0.461 e. The van der Waals surface area contributed by atoms with E-state index >= 15 is 0 Å². The van der Waals surface area contributed by atoms with E-state index in [4.69, 9.17) is 10.5 Å². The lowest BCUT2D eigenvalue weighted by atomic mass is 10.1. The van der Waals surface area contributed by atoms with Crippen LogP contribution < -0.4 is 5.73 Å². The maximum Gasteiger partial charge on any atom is 0.344 e. The molecule has 0 aromatic heterocycles. The summed E-state index contributed by atoms with van der Waals surface area (Å²) < 4.78 is 19.0. The third kappa shape index (κ3) is 1.16. The van der Waals surface area contributed by atoms with Crippen molar-refractivity contribution in [3.63, 3.8) is 0 Å². The van der Waals surface area contributed by atoms with Crippen LogP contribution in [0.15, 0.2) is 0 Å². The van der Waals surface area contributed by atoms with E-state index in [0.717, 1.165) is 12.8 Å². The number of alkyl halides is 1. The molecule has 2 fully saturated rings. The Kier molecular flexibility index (Phi) is 2.07.